The van der Waals surface area contributed by atoms with Gasteiger partial charge in [-0.15, -0.1) is 0 Å². The molecule has 0 saturated heterocycles. The van der Waals surface area contributed by atoms with Crippen LogP contribution in [0.5, 0.6) is 0 Å². The Morgan fingerprint density at radius 2 is 0.810 bits per heavy atom. The number of rotatable bonds is 12. The lowest BCUT2D eigenvalue weighted by molar-refractivity contribution is 0.0685. The number of carbonyl (C=O) groups is 2. The summed E-state index contributed by atoms with van der Waals surface area (Å²) in [6, 6.07) is 29.2. The Balaban J connectivity index is 0.000000282. The van der Waals surface area contributed by atoms with Gasteiger partial charge in [-0.2, -0.15) is 0 Å². The quantitative estimate of drug-likeness (QED) is 0.0632. The summed E-state index contributed by atoms with van der Waals surface area (Å²) in [6.07, 6.45) is 0. The Kier molecular flexibility index (Phi) is 18.2. The van der Waals surface area contributed by atoms with E-state index < -0.39 is 11.9 Å². The van der Waals surface area contributed by atoms with Crippen molar-refractivity contribution < 1.29 is 19.8 Å². The minimum atomic E-state index is -0.944. The molecule has 0 spiro atoms. The van der Waals surface area contributed by atoms with Crippen molar-refractivity contribution in [1.82, 2.24) is 0 Å². The van der Waals surface area contributed by atoms with E-state index in [0.29, 0.717) is 0 Å². The SMILES string of the molecule is CC.Nc1ccc(SSSSc2ccc(N)cc2)cc1.O=C(O)c1cccc(SSSSc2cccc(C(=O)O)c2)c1. The molecule has 14 heteroatoms. The van der Waals surface area contributed by atoms with E-state index in [9.17, 15) is 9.59 Å². The first-order valence-electron chi connectivity index (χ1n) is 12.0. The van der Waals surface area contributed by atoms with Crippen LogP contribution in [-0.4, -0.2) is 22.2 Å². The van der Waals surface area contributed by atoms with Crippen LogP contribution in [-0.2, 0) is 0 Å². The summed E-state index contributed by atoms with van der Waals surface area (Å²) in [5, 5.41) is 17.9. The number of hydrogen-bond acceptors (Lipinski definition) is 12. The van der Waals surface area contributed by atoms with Crippen LogP contribution in [0.1, 0.15) is 34.6 Å². The fourth-order valence-electron chi connectivity index (χ4n) is 2.62. The first-order chi connectivity index (χ1) is 20.3. The molecule has 4 aromatic carbocycles. The third kappa shape index (κ3) is 14.6. The van der Waals surface area contributed by atoms with Crippen molar-refractivity contribution in [3.05, 3.63) is 108 Å². The van der Waals surface area contributed by atoms with Gasteiger partial charge in [0, 0.05) is 31.0 Å². The smallest absolute Gasteiger partial charge is 0.335 e. The van der Waals surface area contributed by atoms with Crippen molar-refractivity contribution in [2.24, 2.45) is 0 Å². The van der Waals surface area contributed by atoms with Crippen molar-refractivity contribution >= 4 is 106 Å². The molecule has 222 valence electrons. The molecule has 0 bridgehead atoms. The predicted molar refractivity (Wildman–Crippen MR) is 194 cm³/mol. The molecule has 4 aromatic rings. The van der Waals surface area contributed by atoms with Crippen molar-refractivity contribution in [3.8, 4) is 0 Å². The highest BCUT2D eigenvalue weighted by atomic mass is 33.7. The number of hydrogen-bond donors (Lipinski definition) is 4. The number of carboxylic acids is 2. The Labute approximate surface area is 276 Å². The Bertz CT molecular complexity index is 1290. The van der Waals surface area contributed by atoms with E-state index in [4.69, 9.17) is 21.7 Å². The molecule has 42 heavy (non-hydrogen) atoms. The van der Waals surface area contributed by atoms with Gasteiger partial charge < -0.3 is 21.7 Å². The van der Waals surface area contributed by atoms with Gasteiger partial charge in [0.05, 0.1) is 11.1 Å². The first-order valence-corrected chi connectivity index (χ1v) is 21.7. The lowest BCUT2D eigenvalue weighted by atomic mass is 10.2. The van der Waals surface area contributed by atoms with Crippen LogP contribution in [0.4, 0.5) is 11.4 Å². The zero-order valence-corrected chi connectivity index (χ0v) is 28.9. The van der Waals surface area contributed by atoms with Crippen molar-refractivity contribution in [3.63, 3.8) is 0 Å². The zero-order chi connectivity index (χ0) is 30.7. The van der Waals surface area contributed by atoms with Gasteiger partial charge >= 0.3 is 11.9 Å². The van der Waals surface area contributed by atoms with Crippen LogP contribution in [0, 0.1) is 0 Å². The third-order valence-corrected chi connectivity index (χ3v) is 16.6. The van der Waals surface area contributed by atoms with Gasteiger partial charge in [-0.05, 0) is 167 Å². The normalized spacial score (nSPS) is 10.0. The van der Waals surface area contributed by atoms with E-state index >= 15 is 0 Å². The topological polar surface area (TPSA) is 127 Å². The average Bonchev–Trinajstić information content (AvgIpc) is 3.01. The van der Waals surface area contributed by atoms with E-state index in [2.05, 4.69) is 0 Å². The van der Waals surface area contributed by atoms with Crippen LogP contribution >= 0.6 is 82.5 Å². The van der Waals surface area contributed by atoms with Crippen LogP contribution in [0.25, 0.3) is 0 Å². The zero-order valence-electron chi connectivity index (χ0n) is 22.4. The van der Waals surface area contributed by atoms with E-state index in [-0.39, 0.29) is 11.1 Å². The highest BCUT2D eigenvalue weighted by molar-refractivity contribution is 9.26. The second kappa shape index (κ2) is 21.0. The standard InChI is InChI=1S/C14H10O4S4.C12H12N2S4.C2H6/c15-13(16)9-3-1-5-11(7-9)19-21-22-20-12-6-2-4-10(8-12)14(17)18;13-9-1-5-11(6-2-9)15-17-18-16-12-7-3-10(14)4-8-12;1-2/h1-8H,(H,15,16)(H,17,18);1-8H,13-14H2;1-2H3. The van der Waals surface area contributed by atoms with Crippen molar-refractivity contribution in [2.75, 3.05) is 11.5 Å². The van der Waals surface area contributed by atoms with Crippen LogP contribution < -0.4 is 11.5 Å². The molecule has 0 aromatic heterocycles. The van der Waals surface area contributed by atoms with Crippen molar-refractivity contribution in [2.45, 2.75) is 33.4 Å². The Hall–Kier alpha value is -1.78. The lowest BCUT2D eigenvalue weighted by Crippen LogP contribution is -1.94. The maximum absolute atomic E-state index is 10.9. The van der Waals surface area contributed by atoms with E-state index in [1.165, 1.54) is 51.0 Å². The maximum Gasteiger partial charge on any atom is 0.335 e. The van der Waals surface area contributed by atoms with E-state index in [0.717, 1.165) is 21.2 Å². The molecule has 0 atom stereocenters. The van der Waals surface area contributed by atoms with Crippen molar-refractivity contribution in [1.29, 1.82) is 0 Å². The molecule has 4 rings (SSSR count). The second-order valence-corrected chi connectivity index (χ2v) is 19.0. The van der Waals surface area contributed by atoms with Gasteiger partial charge in [0.15, 0.2) is 0 Å². The van der Waals surface area contributed by atoms with E-state index in [1.807, 2.05) is 74.5 Å². The fraction of sp³-hybridized carbons (Fsp3) is 0.0714. The Morgan fingerprint density at radius 1 is 0.500 bits per heavy atom. The van der Waals surface area contributed by atoms with Crippen LogP contribution in [0.2, 0.25) is 0 Å². The lowest BCUT2D eigenvalue weighted by Gasteiger charge is -2.02. The second-order valence-electron chi connectivity index (χ2n) is 7.41. The molecule has 0 aliphatic rings. The molecular weight excluding hydrogens is 685 g/mol. The van der Waals surface area contributed by atoms with Gasteiger partial charge in [0.2, 0.25) is 0 Å². The molecular formula is C28H28N2O4S8. The summed E-state index contributed by atoms with van der Waals surface area (Å²) >= 11 is 0. The van der Waals surface area contributed by atoms with Crippen LogP contribution in [0.3, 0.4) is 0 Å². The average molecular weight is 713 g/mol. The van der Waals surface area contributed by atoms with Gasteiger partial charge in [0.25, 0.3) is 0 Å². The minimum absolute atomic E-state index is 0.261. The monoisotopic (exact) mass is 712 g/mol. The summed E-state index contributed by atoms with van der Waals surface area (Å²) < 4.78 is 0. The highest BCUT2D eigenvalue weighted by Crippen LogP contribution is 2.50. The van der Waals surface area contributed by atoms with Gasteiger partial charge in [-0.1, -0.05) is 26.0 Å². The molecule has 0 aliphatic carbocycles. The number of benzene rings is 4. The summed E-state index contributed by atoms with van der Waals surface area (Å²) in [5.41, 5.74) is 13.4. The number of carboxylic acid groups (broad SMARTS) is 2. The minimum Gasteiger partial charge on any atom is -0.478 e. The Morgan fingerprint density at radius 3 is 1.12 bits per heavy atom. The number of nitrogens with two attached hydrogens (primary N) is 2. The fourth-order valence-corrected chi connectivity index (χ4v) is 13.6. The molecule has 0 amide bonds. The summed E-state index contributed by atoms with van der Waals surface area (Å²) in [7, 11) is 12.8. The number of anilines is 2. The first kappa shape index (κ1) is 36.4. The molecule has 0 saturated carbocycles. The van der Waals surface area contributed by atoms with Crippen LogP contribution in [0.15, 0.2) is 117 Å². The molecule has 0 fully saturated rings. The number of nitrogen functional groups attached to an aromatic ring is 2. The molecule has 0 heterocycles. The molecule has 0 radical (unpaired) electrons. The van der Waals surface area contributed by atoms with Gasteiger partial charge in [-0.3, -0.25) is 0 Å². The summed E-state index contributed by atoms with van der Waals surface area (Å²) in [4.78, 5) is 25.9. The maximum atomic E-state index is 10.9. The molecule has 0 unspecified atom stereocenters. The van der Waals surface area contributed by atoms with E-state index in [1.54, 1.807) is 77.6 Å². The summed E-state index contributed by atoms with van der Waals surface area (Å²) in [6.45, 7) is 4.00. The highest BCUT2D eigenvalue weighted by Gasteiger charge is 2.06. The largest absolute Gasteiger partial charge is 0.478 e. The summed E-state index contributed by atoms with van der Waals surface area (Å²) in [5.74, 6) is -1.89. The third-order valence-electron chi connectivity index (χ3n) is 4.50. The molecule has 6 N–H and O–H groups in total. The van der Waals surface area contributed by atoms with Gasteiger partial charge in [0.1, 0.15) is 0 Å². The number of aromatic carboxylic acids is 2. The van der Waals surface area contributed by atoms with Gasteiger partial charge in [-0.25, -0.2) is 9.59 Å². The molecule has 6 nitrogen and oxygen atoms in total. The predicted octanol–water partition coefficient (Wildman–Crippen LogP) is 11.2. The molecule has 0 aliphatic heterocycles.